The topological polar surface area (TPSA) is 58.4 Å². The quantitative estimate of drug-likeness (QED) is 0.682. The number of amides is 1. The van der Waals surface area contributed by atoms with Crippen LogP contribution in [0.1, 0.15) is 65.7 Å². The molecule has 0 radical (unpaired) electrons. The van der Waals surface area contributed by atoms with E-state index >= 15 is 0 Å². The first-order valence-electron chi connectivity index (χ1n) is 8.38. The molecule has 0 bridgehead atoms. The molecule has 4 nitrogen and oxygen atoms in total. The lowest BCUT2D eigenvalue weighted by Crippen LogP contribution is -2.60. The number of nitrogens with two attached hydrogens (primary N) is 1. The third-order valence-corrected chi connectivity index (χ3v) is 4.63. The van der Waals surface area contributed by atoms with E-state index in [1.165, 1.54) is 19.3 Å². The molecule has 1 aliphatic carbocycles. The van der Waals surface area contributed by atoms with Gasteiger partial charge in [0.05, 0.1) is 5.54 Å². The fourth-order valence-electron chi connectivity index (χ4n) is 3.35. The summed E-state index contributed by atoms with van der Waals surface area (Å²) in [5, 5.41) is 3.45. The second-order valence-electron chi connectivity index (χ2n) is 6.11. The van der Waals surface area contributed by atoms with E-state index in [0.29, 0.717) is 6.04 Å². The van der Waals surface area contributed by atoms with Crippen LogP contribution in [0.3, 0.4) is 0 Å². The minimum absolute atomic E-state index is 0.165. The van der Waals surface area contributed by atoms with Gasteiger partial charge in [0.15, 0.2) is 0 Å². The van der Waals surface area contributed by atoms with Gasteiger partial charge >= 0.3 is 0 Å². The molecule has 0 aliphatic heterocycles. The molecule has 1 saturated carbocycles. The van der Waals surface area contributed by atoms with Gasteiger partial charge in [0.25, 0.3) is 0 Å². The first kappa shape index (κ1) is 17.4. The first-order valence-corrected chi connectivity index (χ1v) is 8.38. The summed E-state index contributed by atoms with van der Waals surface area (Å²) in [5.74, 6) is -0.165. The maximum Gasteiger partial charge on any atom is 0.237 e. The molecule has 1 rings (SSSR count). The van der Waals surface area contributed by atoms with Gasteiger partial charge in [-0.3, -0.25) is 4.79 Å². The van der Waals surface area contributed by atoms with E-state index in [2.05, 4.69) is 31.0 Å². The zero-order valence-electron chi connectivity index (χ0n) is 13.6. The van der Waals surface area contributed by atoms with E-state index in [9.17, 15) is 4.79 Å². The molecule has 1 amide bonds. The highest BCUT2D eigenvalue weighted by Crippen LogP contribution is 2.31. The Kier molecular flexibility index (Phi) is 7.52. The van der Waals surface area contributed by atoms with E-state index < -0.39 is 5.54 Å². The summed E-state index contributed by atoms with van der Waals surface area (Å²) in [6.45, 7) is 9.65. The number of nitrogens with zero attached hydrogens (tertiary/aromatic N) is 1. The minimum Gasteiger partial charge on any atom is -0.368 e. The van der Waals surface area contributed by atoms with Crippen LogP contribution < -0.4 is 11.1 Å². The predicted molar refractivity (Wildman–Crippen MR) is 84.6 cm³/mol. The van der Waals surface area contributed by atoms with Crippen LogP contribution in [0.5, 0.6) is 0 Å². The number of unbranched alkanes of at least 4 members (excludes halogenated alkanes) is 1. The Bertz CT molecular complexity index is 295. The zero-order valence-corrected chi connectivity index (χ0v) is 13.6. The molecule has 0 aromatic rings. The van der Waals surface area contributed by atoms with Crippen molar-refractivity contribution in [1.29, 1.82) is 0 Å². The van der Waals surface area contributed by atoms with E-state index in [4.69, 9.17) is 5.73 Å². The van der Waals surface area contributed by atoms with Crippen molar-refractivity contribution in [1.82, 2.24) is 10.2 Å². The molecule has 0 aromatic heterocycles. The smallest absolute Gasteiger partial charge is 0.237 e. The Hall–Kier alpha value is -0.610. The number of hydrogen-bond donors (Lipinski definition) is 2. The Balaban J connectivity index is 2.72. The van der Waals surface area contributed by atoms with Crippen LogP contribution in [0.2, 0.25) is 0 Å². The van der Waals surface area contributed by atoms with E-state index in [1.54, 1.807) is 0 Å². The molecule has 1 fully saturated rings. The van der Waals surface area contributed by atoms with Crippen molar-refractivity contribution in [3.8, 4) is 0 Å². The first-order chi connectivity index (χ1) is 9.59. The molecule has 0 heterocycles. The monoisotopic (exact) mass is 283 g/mol. The molecular formula is C16H33N3O. The maximum atomic E-state index is 12.0. The summed E-state index contributed by atoms with van der Waals surface area (Å²) in [7, 11) is 0. The fraction of sp³-hybridized carbons (Fsp3) is 0.938. The second kappa shape index (κ2) is 8.63. The van der Waals surface area contributed by atoms with Gasteiger partial charge in [-0.1, -0.05) is 27.2 Å². The molecule has 2 unspecified atom stereocenters. The van der Waals surface area contributed by atoms with Gasteiger partial charge < -0.3 is 16.0 Å². The highest BCUT2D eigenvalue weighted by atomic mass is 16.1. The van der Waals surface area contributed by atoms with Crippen LogP contribution in [0.15, 0.2) is 0 Å². The molecule has 3 N–H and O–H groups in total. The van der Waals surface area contributed by atoms with Crippen LogP contribution in [0, 0.1) is 0 Å². The molecule has 0 spiro atoms. The predicted octanol–water partition coefficient (Wildman–Crippen LogP) is 2.27. The number of hydrogen-bond acceptors (Lipinski definition) is 3. The van der Waals surface area contributed by atoms with Crippen molar-refractivity contribution in [2.24, 2.45) is 5.73 Å². The van der Waals surface area contributed by atoms with Crippen molar-refractivity contribution in [2.45, 2.75) is 77.3 Å². The molecule has 118 valence electrons. The standard InChI is InChI=1S/C16H33N3O/c1-4-7-12-19(6-3)14-9-8-10-16(13-14,15(17)20)18-11-5-2/h14,18H,4-13H2,1-3H3,(H2,17,20). The van der Waals surface area contributed by atoms with Gasteiger partial charge in [-0.05, 0) is 58.2 Å². The molecular weight excluding hydrogens is 250 g/mol. The SMILES string of the molecule is CCCCN(CC)C1CCCC(NCCC)(C(N)=O)C1. The largest absolute Gasteiger partial charge is 0.368 e. The average molecular weight is 283 g/mol. The zero-order chi connectivity index (χ0) is 15.0. The van der Waals surface area contributed by atoms with E-state index in [-0.39, 0.29) is 5.91 Å². The van der Waals surface area contributed by atoms with Gasteiger partial charge in [-0.15, -0.1) is 0 Å². The van der Waals surface area contributed by atoms with Crippen LogP contribution >= 0.6 is 0 Å². The number of rotatable bonds is 9. The summed E-state index contributed by atoms with van der Waals surface area (Å²) in [4.78, 5) is 14.5. The Morgan fingerprint density at radius 3 is 2.65 bits per heavy atom. The van der Waals surface area contributed by atoms with Crippen molar-refractivity contribution >= 4 is 5.91 Å². The minimum atomic E-state index is -0.474. The van der Waals surface area contributed by atoms with Crippen molar-refractivity contribution in [2.75, 3.05) is 19.6 Å². The van der Waals surface area contributed by atoms with Gasteiger partial charge in [-0.25, -0.2) is 0 Å². The maximum absolute atomic E-state index is 12.0. The summed E-state index contributed by atoms with van der Waals surface area (Å²) >= 11 is 0. The number of primary amides is 1. The lowest BCUT2D eigenvalue weighted by molar-refractivity contribution is -0.126. The van der Waals surface area contributed by atoms with Crippen LogP contribution in [-0.2, 0) is 4.79 Å². The number of carbonyl (C=O) groups is 1. The summed E-state index contributed by atoms with van der Waals surface area (Å²) in [6, 6.07) is 0.497. The molecule has 2 atom stereocenters. The van der Waals surface area contributed by atoms with Gasteiger partial charge in [-0.2, -0.15) is 0 Å². The Labute approximate surface area is 124 Å². The normalized spacial score (nSPS) is 26.9. The van der Waals surface area contributed by atoms with Crippen molar-refractivity contribution in [3.63, 3.8) is 0 Å². The average Bonchev–Trinajstić information content (AvgIpc) is 2.46. The summed E-state index contributed by atoms with van der Waals surface area (Å²) in [5.41, 5.74) is 5.25. The van der Waals surface area contributed by atoms with Crippen LogP contribution in [-0.4, -0.2) is 42.0 Å². The lowest BCUT2D eigenvalue weighted by atomic mass is 9.77. The summed E-state index contributed by atoms with van der Waals surface area (Å²) < 4.78 is 0. The Morgan fingerprint density at radius 2 is 2.10 bits per heavy atom. The third-order valence-electron chi connectivity index (χ3n) is 4.63. The molecule has 20 heavy (non-hydrogen) atoms. The van der Waals surface area contributed by atoms with Gasteiger partial charge in [0.2, 0.25) is 5.91 Å². The fourth-order valence-corrected chi connectivity index (χ4v) is 3.35. The molecule has 1 aliphatic rings. The van der Waals surface area contributed by atoms with Crippen molar-refractivity contribution < 1.29 is 4.79 Å². The van der Waals surface area contributed by atoms with Crippen LogP contribution in [0.4, 0.5) is 0 Å². The summed E-state index contributed by atoms with van der Waals surface area (Å²) in [6.07, 6.45) is 7.54. The van der Waals surface area contributed by atoms with Gasteiger partial charge in [0.1, 0.15) is 0 Å². The van der Waals surface area contributed by atoms with E-state index in [0.717, 1.165) is 45.3 Å². The van der Waals surface area contributed by atoms with Crippen molar-refractivity contribution in [3.05, 3.63) is 0 Å². The highest BCUT2D eigenvalue weighted by Gasteiger charge is 2.42. The molecule has 0 aromatic carbocycles. The molecule has 4 heteroatoms. The highest BCUT2D eigenvalue weighted by molar-refractivity contribution is 5.84. The Morgan fingerprint density at radius 1 is 1.35 bits per heavy atom. The van der Waals surface area contributed by atoms with Crippen LogP contribution in [0.25, 0.3) is 0 Å². The van der Waals surface area contributed by atoms with Gasteiger partial charge in [0, 0.05) is 6.04 Å². The number of nitrogens with one attached hydrogen (secondary N) is 1. The second-order valence-corrected chi connectivity index (χ2v) is 6.11. The third kappa shape index (κ3) is 4.45. The number of carbonyl (C=O) groups excluding carboxylic acids is 1. The molecule has 0 saturated heterocycles. The lowest BCUT2D eigenvalue weighted by Gasteiger charge is -2.43. The van der Waals surface area contributed by atoms with E-state index in [1.807, 2.05) is 0 Å².